The van der Waals surface area contributed by atoms with E-state index in [0.29, 0.717) is 16.8 Å². The van der Waals surface area contributed by atoms with Gasteiger partial charge >= 0.3 is 12.1 Å². The molecule has 1 aromatic carbocycles. The van der Waals surface area contributed by atoms with Crippen LogP contribution in [0, 0.1) is 11.6 Å². The Bertz CT molecular complexity index is 878. The lowest BCUT2D eigenvalue weighted by Crippen LogP contribution is -2.30. The maximum Gasteiger partial charge on any atom is 0.410 e. The summed E-state index contributed by atoms with van der Waals surface area (Å²) in [6.45, 7) is -0.762. The molecule has 1 aromatic heterocycles. The zero-order valence-corrected chi connectivity index (χ0v) is 13.7. The monoisotopic (exact) mass is 396 g/mol. The SMILES string of the molecule is COC(=O)Cn1nc(C(Cl)C(F)(F)F)c(-c2cc(F)cc(F)c2)cc1=O. The van der Waals surface area contributed by atoms with Crippen LogP contribution < -0.4 is 5.56 Å². The van der Waals surface area contributed by atoms with Crippen molar-refractivity contribution in [3.63, 3.8) is 0 Å². The smallest absolute Gasteiger partial charge is 0.410 e. The number of methoxy groups -OCH3 is 1. The summed E-state index contributed by atoms with van der Waals surface area (Å²) in [6.07, 6.45) is -4.97. The number of aromatic nitrogens is 2. The van der Waals surface area contributed by atoms with Crippen molar-refractivity contribution in [3.8, 4) is 11.1 Å². The molecule has 0 bridgehead atoms. The second kappa shape index (κ2) is 7.40. The van der Waals surface area contributed by atoms with Crippen molar-refractivity contribution in [2.45, 2.75) is 18.1 Å². The number of carbonyl (C=O) groups excluding carboxylic acids is 1. The summed E-state index contributed by atoms with van der Waals surface area (Å²) in [7, 11) is 1.01. The molecule has 1 heterocycles. The van der Waals surface area contributed by atoms with Gasteiger partial charge in [-0.2, -0.15) is 18.3 Å². The first-order valence-corrected chi connectivity index (χ1v) is 7.32. The van der Waals surface area contributed by atoms with E-state index in [1.54, 1.807) is 0 Å². The van der Waals surface area contributed by atoms with Gasteiger partial charge in [0.1, 0.15) is 18.2 Å². The Kier molecular flexibility index (Phi) is 5.65. The van der Waals surface area contributed by atoms with Crippen LogP contribution in [0.15, 0.2) is 29.1 Å². The molecule has 0 aliphatic carbocycles. The normalized spacial score (nSPS) is 12.7. The van der Waals surface area contributed by atoms with Crippen molar-refractivity contribution in [2.24, 2.45) is 0 Å². The summed E-state index contributed by atoms with van der Waals surface area (Å²) < 4.78 is 70.7. The molecule has 26 heavy (non-hydrogen) atoms. The van der Waals surface area contributed by atoms with Crippen molar-refractivity contribution >= 4 is 17.6 Å². The van der Waals surface area contributed by atoms with E-state index < -0.39 is 52.5 Å². The number of esters is 1. The number of carbonyl (C=O) groups is 1. The van der Waals surface area contributed by atoms with Crippen LogP contribution in [0.2, 0.25) is 0 Å². The standard InChI is InChI=1S/C15H10ClF5N2O3/c1-26-12(25)6-23-11(24)5-10(7-2-8(17)4-9(18)3-7)13(22-23)14(16)15(19,20)21/h2-5,14H,6H2,1H3. The molecule has 0 aliphatic heterocycles. The molecule has 0 radical (unpaired) electrons. The van der Waals surface area contributed by atoms with Crippen LogP contribution in [0.4, 0.5) is 22.0 Å². The van der Waals surface area contributed by atoms with Crippen LogP contribution >= 0.6 is 11.6 Å². The van der Waals surface area contributed by atoms with Gasteiger partial charge in [-0.15, -0.1) is 11.6 Å². The molecule has 1 atom stereocenters. The van der Waals surface area contributed by atoms with Gasteiger partial charge in [-0.3, -0.25) is 9.59 Å². The molecule has 140 valence electrons. The third kappa shape index (κ3) is 4.37. The van der Waals surface area contributed by atoms with Crippen LogP contribution in [0.1, 0.15) is 11.1 Å². The van der Waals surface area contributed by atoms with Gasteiger partial charge in [0.25, 0.3) is 5.56 Å². The Morgan fingerprint density at radius 3 is 2.31 bits per heavy atom. The average Bonchev–Trinajstić information content (AvgIpc) is 2.53. The third-order valence-corrected chi connectivity index (χ3v) is 3.69. The topological polar surface area (TPSA) is 61.2 Å². The van der Waals surface area contributed by atoms with E-state index in [9.17, 15) is 31.5 Å². The molecule has 0 spiro atoms. The first-order valence-electron chi connectivity index (χ1n) is 6.89. The molecule has 0 saturated carbocycles. The highest BCUT2D eigenvalue weighted by Crippen LogP contribution is 2.40. The number of halogens is 6. The number of hydrogen-bond donors (Lipinski definition) is 0. The summed E-state index contributed by atoms with van der Waals surface area (Å²) in [5.74, 6) is -3.07. The molecular weight excluding hydrogens is 387 g/mol. The second-order valence-electron chi connectivity index (χ2n) is 5.08. The van der Waals surface area contributed by atoms with E-state index in [0.717, 1.165) is 19.2 Å². The van der Waals surface area contributed by atoms with Gasteiger partial charge in [-0.25, -0.2) is 13.5 Å². The lowest BCUT2D eigenvalue weighted by atomic mass is 10.0. The number of hydrogen-bond acceptors (Lipinski definition) is 4. The van der Waals surface area contributed by atoms with Crippen LogP contribution in [-0.2, 0) is 16.1 Å². The Labute approximate surface area is 147 Å². The summed E-state index contributed by atoms with van der Waals surface area (Å²) >= 11 is 5.41. The van der Waals surface area contributed by atoms with E-state index in [2.05, 4.69) is 9.84 Å². The van der Waals surface area contributed by atoms with Crippen molar-refractivity contribution in [2.75, 3.05) is 7.11 Å². The van der Waals surface area contributed by atoms with Gasteiger partial charge in [0.2, 0.25) is 0 Å². The van der Waals surface area contributed by atoms with Crippen molar-refractivity contribution < 1.29 is 31.5 Å². The molecule has 5 nitrogen and oxygen atoms in total. The molecule has 2 aromatic rings. The predicted octanol–water partition coefficient (Wildman–Crippen LogP) is 3.20. The van der Waals surface area contributed by atoms with E-state index in [-0.39, 0.29) is 5.56 Å². The average molecular weight is 397 g/mol. The molecular formula is C15H10ClF5N2O3. The lowest BCUT2D eigenvalue weighted by Gasteiger charge is -2.18. The van der Waals surface area contributed by atoms with Gasteiger partial charge < -0.3 is 4.74 Å². The minimum atomic E-state index is -4.97. The zero-order valence-electron chi connectivity index (χ0n) is 13.0. The highest BCUT2D eigenvalue weighted by molar-refractivity contribution is 6.21. The number of alkyl halides is 4. The summed E-state index contributed by atoms with van der Waals surface area (Å²) in [4.78, 5) is 23.3. The van der Waals surface area contributed by atoms with Crippen LogP contribution in [0.3, 0.4) is 0 Å². The van der Waals surface area contributed by atoms with E-state index in [4.69, 9.17) is 11.6 Å². The van der Waals surface area contributed by atoms with Gasteiger partial charge in [0.05, 0.1) is 12.8 Å². The van der Waals surface area contributed by atoms with E-state index >= 15 is 0 Å². The Hall–Kier alpha value is -2.49. The summed E-state index contributed by atoms with van der Waals surface area (Å²) in [5, 5.41) is 0.782. The zero-order chi connectivity index (χ0) is 19.6. The van der Waals surface area contributed by atoms with Gasteiger partial charge in [-0.05, 0) is 17.7 Å². The maximum absolute atomic E-state index is 13.4. The van der Waals surface area contributed by atoms with Gasteiger partial charge in [0.15, 0.2) is 5.38 Å². The molecule has 2 rings (SSSR count). The first kappa shape index (κ1) is 19.8. The Morgan fingerprint density at radius 1 is 1.23 bits per heavy atom. The number of ether oxygens (including phenoxy) is 1. The van der Waals surface area contributed by atoms with E-state index in [1.165, 1.54) is 0 Å². The highest BCUT2D eigenvalue weighted by atomic mass is 35.5. The minimum absolute atomic E-state index is 0.359. The lowest BCUT2D eigenvalue weighted by molar-refractivity contribution is -0.141. The molecule has 0 amide bonds. The summed E-state index contributed by atoms with van der Waals surface area (Å²) in [5.41, 5.74) is -2.73. The fourth-order valence-corrected chi connectivity index (χ4v) is 2.25. The highest BCUT2D eigenvalue weighted by Gasteiger charge is 2.42. The molecule has 0 fully saturated rings. The molecule has 1 unspecified atom stereocenters. The Morgan fingerprint density at radius 2 is 1.81 bits per heavy atom. The third-order valence-electron chi connectivity index (χ3n) is 3.23. The van der Waals surface area contributed by atoms with Gasteiger partial charge in [-0.1, -0.05) is 0 Å². The van der Waals surface area contributed by atoms with Crippen LogP contribution in [0.5, 0.6) is 0 Å². The second-order valence-corrected chi connectivity index (χ2v) is 5.51. The minimum Gasteiger partial charge on any atom is -0.468 e. The molecule has 0 N–H and O–H groups in total. The Balaban J connectivity index is 2.71. The molecule has 0 aliphatic rings. The maximum atomic E-state index is 13.4. The quantitative estimate of drug-likeness (QED) is 0.452. The van der Waals surface area contributed by atoms with Crippen molar-refractivity contribution in [3.05, 3.63) is 51.9 Å². The van der Waals surface area contributed by atoms with Crippen LogP contribution in [0.25, 0.3) is 11.1 Å². The van der Waals surface area contributed by atoms with Gasteiger partial charge in [0, 0.05) is 17.7 Å². The number of benzene rings is 1. The number of nitrogens with zero attached hydrogens (tertiary/aromatic N) is 2. The summed E-state index contributed by atoms with van der Waals surface area (Å²) in [6, 6.07) is 2.64. The fourth-order valence-electron chi connectivity index (χ4n) is 2.09. The molecule has 11 heteroatoms. The fraction of sp³-hybridized carbons (Fsp3) is 0.267. The largest absolute Gasteiger partial charge is 0.468 e. The number of rotatable bonds is 4. The predicted molar refractivity (Wildman–Crippen MR) is 80.5 cm³/mol. The van der Waals surface area contributed by atoms with E-state index in [1.807, 2.05) is 0 Å². The van der Waals surface area contributed by atoms with Crippen molar-refractivity contribution in [1.82, 2.24) is 9.78 Å². The van der Waals surface area contributed by atoms with Crippen LogP contribution in [-0.4, -0.2) is 29.0 Å². The molecule has 0 saturated heterocycles. The first-order chi connectivity index (χ1) is 12.0. The van der Waals surface area contributed by atoms with Crippen molar-refractivity contribution in [1.29, 1.82) is 0 Å².